The molecule has 0 spiro atoms. The lowest BCUT2D eigenvalue weighted by Crippen LogP contribution is -2.51. The number of aryl methyl sites for hydroxylation is 1. The average Bonchev–Trinajstić information content (AvgIpc) is 2.68. The Morgan fingerprint density at radius 1 is 1.04 bits per heavy atom. The first-order valence-electron chi connectivity index (χ1n) is 9.62. The summed E-state index contributed by atoms with van der Waals surface area (Å²) in [6.45, 7) is 5.33. The Morgan fingerprint density at radius 3 is 2.54 bits per heavy atom. The number of fused-ring (bicyclic) bond motifs is 1. The van der Waals surface area contributed by atoms with Crippen LogP contribution in [0, 0.1) is 0 Å². The Balaban J connectivity index is 1.31. The highest BCUT2D eigenvalue weighted by atomic mass is 16.5. The second-order valence-corrected chi connectivity index (χ2v) is 7.48. The molecule has 2 aromatic rings. The van der Waals surface area contributed by atoms with Crippen LogP contribution in [-0.2, 0) is 19.4 Å². The van der Waals surface area contributed by atoms with E-state index in [1.807, 2.05) is 18.2 Å². The molecule has 0 saturated carbocycles. The molecule has 0 bridgehead atoms. The number of benzene rings is 2. The summed E-state index contributed by atoms with van der Waals surface area (Å²) in [4.78, 5) is 5.16. The van der Waals surface area contributed by atoms with Crippen LogP contribution in [0.2, 0.25) is 0 Å². The number of ether oxygens (including phenoxy) is 1. The SMILES string of the molecule is COc1ccc(CN2CCN([C@H]3CCc4ccccc4C3)CC2)cc1O. The Bertz CT molecular complexity index is 754. The molecule has 0 aromatic heterocycles. The largest absolute Gasteiger partial charge is 0.504 e. The van der Waals surface area contributed by atoms with Crippen molar-refractivity contribution >= 4 is 0 Å². The predicted molar refractivity (Wildman–Crippen MR) is 104 cm³/mol. The molecule has 2 aliphatic rings. The van der Waals surface area contributed by atoms with E-state index in [-0.39, 0.29) is 5.75 Å². The quantitative estimate of drug-likeness (QED) is 0.917. The van der Waals surface area contributed by atoms with Crippen LogP contribution in [0.15, 0.2) is 42.5 Å². The zero-order valence-corrected chi connectivity index (χ0v) is 15.5. The molecule has 1 aliphatic carbocycles. The third-order valence-corrected chi connectivity index (χ3v) is 5.89. The van der Waals surface area contributed by atoms with Gasteiger partial charge in [-0.1, -0.05) is 30.3 Å². The number of hydrogen-bond acceptors (Lipinski definition) is 4. The Kier molecular flexibility index (Phi) is 5.14. The van der Waals surface area contributed by atoms with Gasteiger partial charge in [-0.05, 0) is 48.1 Å². The van der Waals surface area contributed by atoms with Crippen molar-refractivity contribution in [2.75, 3.05) is 33.3 Å². The van der Waals surface area contributed by atoms with Gasteiger partial charge < -0.3 is 9.84 Å². The van der Waals surface area contributed by atoms with Crippen LogP contribution < -0.4 is 4.74 Å². The number of phenolic OH excluding ortho intramolecular Hbond substituents is 1. The molecule has 1 heterocycles. The highest BCUT2D eigenvalue weighted by molar-refractivity contribution is 5.41. The minimum absolute atomic E-state index is 0.226. The molecular formula is C22H28N2O2. The predicted octanol–water partition coefficient (Wildman–Crippen LogP) is 3.08. The summed E-state index contributed by atoms with van der Waals surface area (Å²) in [5.74, 6) is 0.764. The lowest BCUT2D eigenvalue weighted by atomic mass is 9.87. The minimum atomic E-state index is 0.226. The summed E-state index contributed by atoms with van der Waals surface area (Å²) in [6.07, 6.45) is 3.69. The lowest BCUT2D eigenvalue weighted by Gasteiger charge is -2.41. The number of aromatic hydroxyl groups is 1. The van der Waals surface area contributed by atoms with Gasteiger partial charge in [0.1, 0.15) is 0 Å². The van der Waals surface area contributed by atoms with E-state index in [4.69, 9.17) is 4.74 Å². The summed E-state index contributed by atoms with van der Waals surface area (Å²) >= 11 is 0. The standard InChI is InChI=1S/C22H28N2O2/c1-26-22-9-6-17(14-21(22)25)16-23-10-12-24(13-11-23)20-8-7-18-4-2-3-5-19(18)15-20/h2-6,9,14,20,25H,7-8,10-13,15-16H2,1H3/t20-/m0/s1. The average molecular weight is 352 g/mol. The van der Waals surface area contributed by atoms with E-state index in [2.05, 4.69) is 34.1 Å². The summed E-state index contributed by atoms with van der Waals surface area (Å²) in [5, 5.41) is 9.96. The molecule has 1 fully saturated rings. The summed E-state index contributed by atoms with van der Waals surface area (Å²) in [6, 6.07) is 15.3. The summed E-state index contributed by atoms with van der Waals surface area (Å²) in [7, 11) is 1.58. The molecule has 0 unspecified atom stereocenters. The molecule has 4 rings (SSSR count). The smallest absolute Gasteiger partial charge is 0.160 e. The van der Waals surface area contributed by atoms with Gasteiger partial charge in [0.25, 0.3) is 0 Å². The van der Waals surface area contributed by atoms with E-state index in [1.165, 1.54) is 19.3 Å². The van der Waals surface area contributed by atoms with E-state index in [1.54, 1.807) is 18.2 Å². The van der Waals surface area contributed by atoms with Gasteiger partial charge in [-0.15, -0.1) is 0 Å². The van der Waals surface area contributed by atoms with Crippen molar-refractivity contribution in [2.45, 2.75) is 31.8 Å². The number of rotatable bonds is 4. The van der Waals surface area contributed by atoms with E-state index in [0.717, 1.165) is 38.3 Å². The molecule has 0 radical (unpaired) electrons. The molecule has 2 aromatic carbocycles. The maximum Gasteiger partial charge on any atom is 0.160 e. The fourth-order valence-corrected chi connectivity index (χ4v) is 4.37. The van der Waals surface area contributed by atoms with Crippen LogP contribution in [0.4, 0.5) is 0 Å². The number of phenols is 1. The Morgan fingerprint density at radius 2 is 1.81 bits per heavy atom. The van der Waals surface area contributed by atoms with Gasteiger partial charge in [-0.3, -0.25) is 9.80 Å². The molecule has 4 nitrogen and oxygen atoms in total. The second-order valence-electron chi connectivity index (χ2n) is 7.48. The maximum atomic E-state index is 9.96. The third-order valence-electron chi connectivity index (χ3n) is 5.89. The molecule has 138 valence electrons. The molecule has 0 amide bonds. The molecule has 26 heavy (non-hydrogen) atoms. The maximum absolute atomic E-state index is 9.96. The molecule has 1 aliphatic heterocycles. The van der Waals surface area contributed by atoms with E-state index < -0.39 is 0 Å². The second kappa shape index (κ2) is 7.68. The number of piperazine rings is 1. The van der Waals surface area contributed by atoms with Crippen LogP contribution in [0.25, 0.3) is 0 Å². The monoisotopic (exact) mass is 352 g/mol. The molecule has 4 heteroatoms. The third kappa shape index (κ3) is 3.71. The van der Waals surface area contributed by atoms with Crippen molar-refractivity contribution in [3.63, 3.8) is 0 Å². The molecule has 1 saturated heterocycles. The summed E-state index contributed by atoms with van der Waals surface area (Å²) < 4.78 is 5.13. The normalized spacial score (nSPS) is 21.3. The lowest BCUT2D eigenvalue weighted by molar-refractivity contribution is 0.0856. The van der Waals surface area contributed by atoms with Crippen LogP contribution >= 0.6 is 0 Å². The van der Waals surface area contributed by atoms with Crippen LogP contribution in [0.5, 0.6) is 11.5 Å². The van der Waals surface area contributed by atoms with Crippen molar-refractivity contribution in [1.29, 1.82) is 0 Å². The van der Waals surface area contributed by atoms with Gasteiger partial charge in [0.2, 0.25) is 0 Å². The van der Waals surface area contributed by atoms with Crippen molar-refractivity contribution in [3.05, 3.63) is 59.2 Å². The minimum Gasteiger partial charge on any atom is -0.504 e. The van der Waals surface area contributed by atoms with Crippen molar-refractivity contribution in [3.8, 4) is 11.5 Å². The van der Waals surface area contributed by atoms with Crippen molar-refractivity contribution in [1.82, 2.24) is 9.80 Å². The van der Waals surface area contributed by atoms with Gasteiger partial charge in [-0.2, -0.15) is 0 Å². The fraction of sp³-hybridized carbons (Fsp3) is 0.455. The van der Waals surface area contributed by atoms with E-state index in [0.29, 0.717) is 11.8 Å². The van der Waals surface area contributed by atoms with Crippen molar-refractivity contribution in [2.24, 2.45) is 0 Å². The molecule has 1 atom stereocenters. The zero-order valence-electron chi connectivity index (χ0n) is 15.5. The fourth-order valence-electron chi connectivity index (χ4n) is 4.37. The zero-order chi connectivity index (χ0) is 17.9. The molecule has 1 N–H and O–H groups in total. The topological polar surface area (TPSA) is 35.9 Å². The van der Waals surface area contributed by atoms with Crippen LogP contribution in [0.1, 0.15) is 23.1 Å². The van der Waals surface area contributed by atoms with Crippen LogP contribution in [-0.4, -0.2) is 54.2 Å². The van der Waals surface area contributed by atoms with E-state index in [9.17, 15) is 5.11 Å². The number of methoxy groups -OCH3 is 1. The first kappa shape index (κ1) is 17.4. The molecular weight excluding hydrogens is 324 g/mol. The van der Waals surface area contributed by atoms with Gasteiger partial charge in [-0.25, -0.2) is 0 Å². The first-order chi connectivity index (χ1) is 12.7. The van der Waals surface area contributed by atoms with Gasteiger partial charge in [0.05, 0.1) is 7.11 Å². The van der Waals surface area contributed by atoms with Gasteiger partial charge in [0, 0.05) is 38.8 Å². The summed E-state index contributed by atoms with van der Waals surface area (Å²) in [5.41, 5.74) is 4.23. The van der Waals surface area contributed by atoms with Crippen LogP contribution in [0.3, 0.4) is 0 Å². The van der Waals surface area contributed by atoms with Crippen molar-refractivity contribution < 1.29 is 9.84 Å². The number of hydrogen-bond donors (Lipinski definition) is 1. The van der Waals surface area contributed by atoms with Gasteiger partial charge >= 0.3 is 0 Å². The Labute approximate surface area is 156 Å². The highest BCUT2D eigenvalue weighted by Gasteiger charge is 2.27. The van der Waals surface area contributed by atoms with Gasteiger partial charge in [0.15, 0.2) is 11.5 Å². The Hall–Kier alpha value is -2.04. The number of nitrogens with zero attached hydrogens (tertiary/aromatic N) is 2. The highest BCUT2D eigenvalue weighted by Crippen LogP contribution is 2.28. The first-order valence-corrected chi connectivity index (χ1v) is 9.62. The van der Waals surface area contributed by atoms with E-state index >= 15 is 0 Å².